The van der Waals surface area contributed by atoms with Gasteiger partial charge in [0.25, 0.3) is 5.91 Å². The van der Waals surface area contributed by atoms with E-state index in [-0.39, 0.29) is 11.9 Å². The number of nitrogens with zero attached hydrogens (tertiary/aromatic N) is 1. The molecule has 1 saturated heterocycles. The molecule has 0 radical (unpaired) electrons. The van der Waals surface area contributed by atoms with Crippen molar-refractivity contribution in [1.29, 1.82) is 0 Å². The quantitative estimate of drug-likeness (QED) is 0.768. The molecule has 3 aromatic rings. The third-order valence-electron chi connectivity index (χ3n) is 4.85. The van der Waals surface area contributed by atoms with Gasteiger partial charge in [0.1, 0.15) is 5.76 Å². The molecular formula is C21H22N2O3. The van der Waals surface area contributed by atoms with Crippen molar-refractivity contribution >= 4 is 16.7 Å². The second kappa shape index (κ2) is 7.72. The van der Waals surface area contributed by atoms with Crippen LogP contribution in [0.3, 0.4) is 0 Å². The second-order valence-electron chi connectivity index (χ2n) is 6.42. The zero-order valence-corrected chi connectivity index (χ0v) is 14.6. The molecule has 0 spiro atoms. The molecule has 134 valence electrons. The van der Waals surface area contributed by atoms with Crippen molar-refractivity contribution in [3.63, 3.8) is 0 Å². The zero-order chi connectivity index (χ0) is 17.8. The molecule has 5 nitrogen and oxygen atoms in total. The molecule has 1 aliphatic rings. The van der Waals surface area contributed by atoms with Gasteiger partial charge in [0.2, 0.25) is 0 Å². The Labute approximate surface area is 152 Å². The van der Waals surface area contributed by atoms with Gasteiger partial charge in [0.15, 0.2) is 0 Å². The summed E-state index contributed by atoms with van der Waals surface area (Å²) in [6.45, 7) is 3.56. The van der Waals surface area contributed by atoms with Crippen LogP contribution in [-0.2, 0) is 4.74 Å². The van der Waals surface area contributed by atoms with Crippen LogP contribution in [0.4, 0.5) is 0 Å². The van der Waals surface area contributed by atoms with Crippen LogP contribution in [0.15, 0.2) is 65.3 Å². The number of hydrogen-bond donors (Lipinski definition) is 1. The first-order chi connectivity index (χ1) is 12.8. The van der Waals surface area contributed by atoms with Crippen molar-refractivity contribution in [2.45, 2.75) is 6.04 Å². The molecule has 0 aliphatic carbocycles. The van der Waals surface area contributed by atoms with Crippen molar-refractivity contribution in [3.05, 3.63) is 72.2 Å². The normalized spacial score (nSPS) is 16.5. The molecule has 1 aromatic heterocycles. The van der Waals surface area contributed by atoms with Crippen LogP contribution < -0.4 is 5.32 Å². The molecule has 1 atom stereocenters. The van der Waals surface area contributed by atoms with E-state index >= 15 is 0 Å². The Bertz CT molecular complexity index is 865. The van der Waals surface area contributed by atoms with E-state index in [1.54, 1.807) is 6.26 Å². The standard InChI is InChI=1S/C21H22N2O3/c24-21(18-8-3-6-16-5-1-2-7-17(16)18)22-15-19(20-9-4-12-26-20)23-10-13-25-14-11-23/h1-9,12,19H,10-11,13-15H2,(H,22,24). The number of rotatable bonds is 5. The fraction of sp³-hybridized carbons (Fsp3) is 0.286. The molecule has 1 aliphatic heterocycles. The lowest BCUT2D eigenvalue weighted by Crippen LogP contribution is -2.43. The Morgan fingerprint density at radius 2 is 1.85 bits per heavy atom. The second-order valence-corrected chi connectivity index (χ2v) is 6.42. The average Bonchev–Trinajstić information content (AvgIpc) is 3.23. The highest BCUT2D eigenvalue weighted by molar-refractivity contribution is 6.07. The molecule has 0 bridgehead atoms. The van der Waals surface area contributed by atoms with Gasteiger partial charge in [-0.3, -0.25) is 9.69 Å². The van der Waals surface area contributed by atoms with E-state index < -0.39 is 0 Å². The number of carbonyl (C=O) groups excluding carboxylic acids is 1. The van der Waals surface area contributed by atoms with Gasteiger partial charge < -0.3 is 14.5 Å². The summed E-state index contributed by atoms with van der Waals surface area (Å²) in [5.41, 5.74) is 0.697. The Morgan fingerprint density at radius 3 is 2.65 bits per heavy atom. The largest absolute Gasteiger partial charge is 0.468 e. The predicted molar refractivity (Wildman–Crippen MR) is 100 cm³/mol. The minimum absolute atomic E-state index is 0.00725. The maximum absolute atomic E-state index is 12.8. The summed E-state index contributed by atoms with van der Waals surface area (Å²) < 4.78 is 11.1. The third kappa shape index (κ3) is 3.49. The van der Waals surface area contributed by atoms with Crippen molar-refractivity contribution in [2.24, 2.45) is 0 Å². The van der Waals surface area contributed by atoms with E-state index in [0.29, 0.717) is 25.3 Å². The Hall–Kier alpha value is -2.63. The molecule has 26 heavy (non-hydrogen) atoms. The van der Waals surface area contributed by atoms with Gasteiger partial charge in [-0.1, -0.05) is 36.4 Å². The van der Waals surface area contributed by atoms with E-state index in [1.165, 1.54) is 0 Å². The summed E-state index contributed by atoms with van der Waals surface area (Å²) in [5.74, 6) is 0.803. The lowest BCUT2D eigenvalue weighted by atomic mass is 10.0. The smallest absolute Gasteiger partial charge is 0.251 e. The molecule has 1 N–H and O–H groups in total. The molecule has 2 aromatic carbocycles. The van der Waals surface area contributed by atoms with Gasteiger partial charge in [-0.05, 0) is 29.0 Å². The van der Waals surface area contributed by atoms with Gasteiger partial charge >= 0.3 is 0 Å². The molecule has 0 saturated carbocycles. The topological polar surface area (TPSA) is 54.7 Å². The van der Waals surface area contributed by atoms with Crippen molar-refractivity contribution in [2.75, 3.05) is 32.8 Å². The van der Waals surface area contributed by atoms with Gasteiger partial charge in [-0.25, -0.2) is 0 Å². The van der Waals surface area contributed by atoms with E-state index in [4.69, 9.17) is 9.15 Å². The summed E-state index contributed by atoms with van der Waals surface area (Å²) >= 11 is 0. The first kappa shape index (κ1) is 16.8. The lowest BCUT2D eigenvalue weighted by Gasteiger charge is -2.33. The Morgan fingerprint density at radius 1 is 1.04 bits per heavy atom. The number of furan rings is 1. The highest BCUT2D eigenvalue weighted by Crippen LogP contribution is 2.23. The van der Waals surface area contributed by atoms with Crippen LogP contribution in [0.1, 0.15) is 22.2 Å². The molecule has 1 fully saturated rings. The molecule has 2 heterocycles. The number of nitrogens with one attached hydrogen (secondary N) is 1. The monoisotopic (exact) mass is 350 g/mol. The zero-order valence-electron chi connectivity index (χ0n) is 14.6. The summed E-state index contributed by atoms with van der Waals surface area (Å²) in [7, 11) is 0. The van der Waals surface area contributed by atoms with E-state index in [9.17, 15) is 4.79 Å². The number of hydrogen-bond acceptors (Lipinski definition) is 4. The Balaban J connectivity index is 1.52. The van der Waals surface area contributed by atoms with Crippen molar-refractivity contribution in [3.8, 4) is 0 Å². The predicted octanol–water partition coefficient (Wildman–Crippen LogP) is 3.24. The van der Waals surface area contributed by atoms with Crippen LogP contribution in [0.5, 0.6) is 0 Å². The Kier molecular flexibility index (Phi) is 5.00. The maximum atomic E-state index is 12.8. The average molecular weight is 350 g/mol. The number of ether oxygens (including phenoxy) is 1. The number of fused-ring (bicyclic) bond motifs is 1. The van der Waals surface area contributed by atoms with Crippen LogP contribution in [-0.4, -0.2) is 43.7 Å². The SMILES string of the molecule is O=C(NCC(c1ccco1)N1CCOCC1)c1cccc2ccccc12. The van der Waals surface area contributed by atoms with E-state index in [2.05, 4.69) is 10.2 Å². The first-order valence-corrected chi connectivity index (χ1v) is 8.94. The minimum Gasteiger partial charge on any atom is -0.468 e. The molecular weight excluding hydrogens is 328 g/mol. The number of amides is 1. The highest BCUT2D eigenvalue weighted by Gasteiger charge is 2.25. The van der Waals surface area contributed by atoms with Gasteiger partial charge in [-0.15, -0.1) is 0 Å². The number of morpholine rings is 1. The van der Waals surface area contributed by atoms with E-state index in [0.717, 1.165) is 29.6 Å². The van der Waals surface area contributed by atoms with Gasteiger partial charge in [0, 0.05) is 25.2 Å². The molecule has 1 amide bonds. The summed E-state index contributed by atoms with van der Waals surface area (Å²) in [5, 5.41) is 5.13. The minimum atomic E-state index is -0.0633. The number of benzene rings is 2. The van der Waals surface area contributed by atoms with Gasteiger partial charge in [-0.2, -0.15) is 0 Å². The van der Waals surface area contributed by atoms with Crippen LogP contribution >= 0.6 is 0 Å². The lowest BCUT2D eigenvalue weighted by molar-refractivity contribution is 0.0118. The number of carbonyl (C=O) groups is 1. The molecule has 1 unspecified atom stereocenters. The van der Waals surface area contributed by atoms with Crippen LogP contribution in [0, 0.1) is 0 Å². The van der Waals surface area contributed by atoms with Crippen molar-refractivity contribution in [1.82, 2.24) is 10.2 Å². The van der Waals surface area contributed by atoms with Gasteiger partial charge in [0.05, 0.1) is 25.5 Å². The molecule has 5 heteroatoms. The summed E-state index contributed by atoms with van der Waals surface area (Å²) in [4.78, 5) is 15.1. The van der Waals surface area contributed by atoms with Crippen LogP contribution in [0.25, 0.3) is 10.8 Å². The van der Waals surface area contributed by atoms with Crippen LogP contribution in [0.2, 0.25) is 0 Å². The summed E-state index contributed by atoms with van der Waals surface area (Å²) in [6, 6.07) is 17.6. The van der Waals surface area contributed by atoms with Crippen molar-refractivity contribution < 1.29 is 13.9 Å². The maximum Gasteiger partial charge on any atom is 0.251 e. The molecule has 4 rings (SSSR count). The fourth-order valence-electron chi connectivity index (χ4n) is 3.49. The summed E-state index contributed by atoms with van der Waals surface area (Å²) in [6.07, 6.45) is 1.68. The van der Waals surface area contributed by atoms with E-state index in [1.807, 2.05) is 54.6 Å². The third-order valence-corrected chi connectivity index (χ3v) is 4.85. The highest BCUT2D eigenvalue weighted by atomic mass is 16.5. The first-order valence-electron chi connectivity index (χ1n) is 8.94. The fourth-order valence-corrected chi connectivity index (χ4v) is 3.49.